The molecule has 0 fully saturated rings. The van der Waals surface area contributed by atoms with Crippen molar-refractivity contribution in [3.63, 3.8) is 0 Å². The summed E-state index contributed by atoms with van der Waals surface area (Å²) in [6.07, 6.45) is 0. The Kier molecular flexibility index (Phi) is 6.03. The molecule has 0 spiro atoms. The topological polar surface area (TPSA) is 58.2 Å². The molecule has 0 radical (unpaired) electrons. The Morgan fingerprint density at radius 1 is 0.955 bits per heavy atom. The van der Waals surface area contributed by atoms with Crippen LogP contribution in [0, 0.1) is 0 Å². The van der Waals surface area contributed by atoms with E-state index in [-0.39, 0.29) is 11.7 Å². The minimum atomic E-state index is -0.451. The fraction of sp³-hybridized carbons (Fsp3) is 0.176. The molecule has 0 saturated heterocycles. The Morgan fingerprint density at radius 3 is 2.23 bits per heavy atom. The summed E-state index contributed by atoms with van der Waals surface area (Å²) in [5.41, 5.74) is 2.30. The first-order valence-electron chi connectivity index (χ1n) is 7.05. The maximum absolute atomic E-state index is 11.6. The Bertz CT molecular complexity index is 627. The van der Waals surface area contributed by atoms with E-state index in [1.54, 1.807) is 6.92 Å². The van der Waals surface area contributed by atoms with Crippen molar-refractivity contribution >= 4 is 23.7 Å². The van der Waals surface area contributed by atoms with E-state index >= 15 is 0 Å². The molecule has 2 aromatic rings. The first kappa shape index (κ1) is 16.1. The number of hydrogen-bond acceptors (Lipinski definition) is 3. The summed E-state index contributed by atoms with van der Waals surface area (Å²) in [5, 5.41) is 4.80. The van der Waals surface area contributed by atoms with E-state index in [0.29, 0.717) is 6.54 Å². The van der Waals surface area contributed by atoms with Crippen LogP contribution in [0.3, 0.4) is 0 Å². The number of carbonyl (C=O) groups excluding carboxylic acids is 2. The molecule has 0 aliphatic heterocycles. The maximum atomic E-state index is 11.6. The van der Waals surface area contributed by atoms with Crippen LogP contribution in [0.2, 0.25) is 0 Å². The lowest BCUT2D eigenvalue weighted by molar-refractivity contribution is -0.117. The van der Waals surface area contributed by atoms with Gasteiger partial charge in [0.25, 0.3) is 0 Å². The van der Waals surface area contributed by atoms with Crippen LogP contribution in [0.1, 0.15) is 6.92 Å². The minimum Gasteiger partial charge on any atom is -0.338 e. The third kappa shape index (κ3) is 4.93. The number of thioether (sulfide) groups is 1. The third-order valence-corrected chi connectivity index (χ3v) is 3.93. The molecular formula is C17H18N2O2S. The van der Waals surface area contributed by atoms with E-state index < -0.39 is 6.03 Å². The van der Waals surface area contributed by atoms with Crippen molar-refractivity contribution in [1.82, 2.24) is 10.6 Å². The average molecular weight is 314 g/mol. The quantitative estimate of drug-likeness (QED) is 0.833. The number of amides is 3. The van der Waals surface area contributed by atoms with Gasteiger partial charge in [-0.15, -0.1) is 11.8 Å². The van der Waals surface area contributed by atoms with E-state index in [1.807, 2.05) is 42.5 Å². The second-order valence-corrected chi connectivity index (χ2v) is 5.64. The monoisotopic (exact) mass is 314 g/mol. The lowest BCUT2D eigenvalue weighted by Gasteiger charge is -2.06. The van der Waals surface area contributed by atoms with Gasteiger partial charge < -0.3 is 5.32 Å². The number of imide groups is 1. The molecule has 0 unspecified atom stereocenters. The summed E-state index contributed by atoms with van der Waals surface area (Å²) in [7, 11) is 0. The highest BCUT2D eigenvalue weighted by atomic mass is 32.2. The van der Waals surface area contributed by atoms with Gasteiger partial charge in [0, 0.05) is 11.4 Å². The van der Waals surface area contributed by atoms with Gasteiger partial charge in [0.15, 0.2) is 0 Å². The van der Waals surface area contributed by atoms with Gasteiger partial charge in [-0.1, -0.05) is 42.5 Å². The van der Waals surface area contributed by atoms with E-state index in [1.165, 1.54) is 11.8 Å². The molecule has 0 aliphatic rings. The van der Waals surface area contributed by atoms with E-state index in [9.17, 15) is 9.59 Å². The Morgan fingerprint density at radius 2 is 1.59 bits per heavy atom. The number of benzene rings is 2. The highest BCUT2D eigenvalue weighted by Gasteiger charge is 2.07. The van der Waals surface area contributed by atoms with Crippen LogP contribution in [-0.2, 0) is 4.79 Å². The summed E-state index contributed by atoms with van der Waals surface area (Å²) < 4.78 is 0. The van der Waals surface area contributed by atoms with Crippen LogP contribution in [0.15, 0.2) is 59.5 Å². The van der Waals surface area contributed by atoms with Gasteiger partial charge in [-0.25, -0.2) is 4.79 Å². The Labute approximate surface area is 134 Å². The fourth-order valence-corrected chi connectivity index (χ4v) is 2.59. The molecule has 0 atom stereocenters. The van der Waals surface area contributed by atoms with Crippen LogP contribution in [-0.4, -0.2) is 24.2 Å². The van der Waals surface area contributed by atoms with Crippen LogP contribution < -0.4 is 10.6 Å². The smallest absolute Gasteiger partial charge is 0.321 e. The van der Waals surface area contributed by atoms with Crippen molar-refractivity contribution in [2.45, 2.75) is 11.8 Å². The molecule has 0 aliphatic carbocycles. The van der Waals surface area contributed by atoms with Crippen LogP contribution in [0.5, 0.6) is 0 Å². The molecule has 0 heterocycles. The SMILES string of the molecule is CCNC(=O)NC(=O)CSc1ccc(-c2ccccc2)cc1. The summed E-state index contributed by atoms with van der Waals surface area (Å²) in [6, 6.07) is 17.7. The van der Waals surface area contributed by atoms with Gasteiger partial charge in [0.2, 0.25) is 5.91 Å². The van der Waals surface area contributed by atoms with Crippen molar-refractivity contribution in [3.8, 4) is 11.1 Å². The molecule has 4 nitrogen and oxygen atoms in total. The molecular weight excluding hydrogens is 296 g/mol. The van der Waals surface area contributed by atoms with Gasteiger partial charge in [0.05, 0.1) is 5.75 Å². The number of hydrogen-bond donors (Lipinski definition) is 2. The highest BCUT2D eigenvalue weighted by Crippen LogP contribution is 2.23. The van der Waals surface area contributed by atoms with E-state index in [4.69, 9.17) is 0 Å². The molecule has 114 valence electrons. The lowest BCUT2D eigenvalue weighted by Crippen LogP contribution is -2.40. The number of carbonyl (C=O) groups is 2. The second-order valence-electron chi connectivity index (χ2n) is 4.59. The summed E-state index contributed by atoms with van der Waals surface area (Å²) >= 11 is 1.40. The molecule has 0 bridgehead atoms. The molecule has 0 aromatic heterocycles. The molecule has 3 amide bonds. The molecule has 2 rings (SSSR count). The maximum Gasteiger partial charge on any atom is 0.321 e. The van der Waals surface area contributed by atoms with Crippen molar-refractivity contribution in [2.24, 2.45) is 0 Å². The largest absolute Gasteiger partial charge is 0.338 e. The standard InChI is InChI=1S/C17H18N2O2S/c1-2-18-17(21)19-16(20)12-22-15-10-8-14(9-11-15)13-6-4-3-5-7-13/h3-11H,2,12H2,1H3,(H2,18,19,20,21). The zero-order valence-corrected chi connectivity index (χ0v) is 13.2. The normalized spacial score (nSPS) is 10.0. The molecule has 22 heavy (non-hydrogen) atoms. The van der Waals surface area contributed by atoms with Crippen molar-refractivity contribution in [2.75, 3.05) is 12.3 Å². The van der Waals surface area contributed by atoms with E-state index in [0.717, 1.165) is 16.0 Å². The van der Waals surface area contributed by atoms with Gasteiger partial charge in [0.1, 0.15) is 0 Å². The summed E-state index contributed by atoms with van der Waals surface area (Å²) in [4.78, 5) is 23.8. The van der Waals surface area contributed by atoms with E-state index in [2.05, 4.69) is 22.8 Å². The van der Waals surface area contributed by atoms with Gasteiger partial charge in [-0.3, -0.25) is 10.1 Å². The Balaban J connectivity index is 1.87. The second kappa shape index (κ2) is 8.24. The molecule has 5 heteroatoms. The van der Waals surface area contributed by atoms with Crippen molar-refractivity contribution < 1.29 is 9.59 Å². The predicted molar refractivity (Wildman–Crippen MR) is 89.8 cm³/mol. The third-order valence-electron chi connectivity index (χ3n) is 2.92. The Hall–Kier alpha value is -2.27. The summed E-state index contributed by atoms with van der Waals surface area (Å²) in [5.74, 6) is -0.0926. The lowest BCUT2D eigenvalue weighted by atomic mass is 10.1. The number of rotatable bonds is 5. The zero-order valence-electron chi connectivity index (χ0n) is 12.3. The van der Waals surface area contributed by atoms with Crippen molar-refractivity contribution in [3.05, 3.63) is 54.6 Å². The van der Waals surface area contributed by atoms with Gasteiger partial charge in [-0.2, -0.15) is 0 Å². The van der Waals surface area contributed by atoms with Gasteiger partial charge >= 0.3 is 6.03 Å². The zero-order chi connectivity index (χ0) is 15.8. The molecule has 2 N–H and O–H groups in total. The predicted octanol–water partition coefficient (Wildman–Crippen LogP) is 3.29. The molecule has 2 aromatic carbocycles. The van der Waals surface area contributed by atoms with Crippen molar-refractivity contribution in [1.29, 1.82) is 0 Å². The van der Waals surface area contributed by atoms with Gasteiger partial charge in [-0.05, 0) is 30.2 Å². The van der Waals surface area contributed by atoms with Crippen LogP contribution >= 0.6 is 11.8 Å². The number of nitrogens with one attached hydrogen (secondary N) is 2. The fourth-order valence-electron chi connectivity index (χ4n) is 1.89. The first-order valence-corrected chi connectivity index (χ1v) is 8.03. The first-order chi connectivity index (χ1) is 10.7. The number of urea groups is 1. The summed E-state index contributed by atoms with van der Waals surface area (Å²) in [6.45, 7) is 2.29. The highest BCUT2D eigenvalue weighted by molar-refractivity contribution is 8.00. The van der Waals surface area contributed by atoms with Crippen LogP contribution in [0.25, 0.3) is 11.1 Å². The molecule has 0 saturated carbocycles. The average Bonchev–Trinajstić information content (AvgIpc) is 2.54. The minimum absolute atomic E-state index is 0.210. The van der Waals surface area contributed by atoms with Crippen LogP contribution in [0.4, 0.5) is 4.79 Å².